The largest absolute Gasteiger partial charge is 1.00 e. The number of quaternary nitrogens is 1. The Hall–Kier alpha value is 0.280. The van der Waals surface area contributed by atoms with Crippen LogP contribution in [0.2, 0.25) is 0 Å². The molecule has 0 rings (SSSR count). The Morgan fingerprint density at radius 1 is 1.86 bits per heavy atom. The number of hydrogen-bond donors (Lipinski definition) is 3. The van der Waals surface area contributed by atoms with Crippen molar-refractivity contribution in [3.05, 3.63) is 0 Å². The average molecular weight is 216 g/mol. The van der Waals surface area contributed by atoms with Gasteiger partial charge in [-0.1, -0.05) is 10.3 Å². The van der Waals surface area contributed by atoms with Crippen LogP contribution in [0, 0.1) is 0 Å². The smallest absolute Gasteiger partial charge is 0.0509 e. The lowest BCUT2D eigenvalue weighted by Gasteiger charge is -1.96. The van der Waals surface area contributed by atoms with E-state index in [1.54, 1.807) is 7.05 Å². The molecule has 0 bridgehead atoms. The minimum atomic E-state index is 0. The van der Waals surface area contributed by atoms with Crippen LogP contribution >= 0.6 is 0 Å². The third kappa shape index (κ3) is 6.28. The first-order chi connectivity index (χ1) is 2.81. The number of halogens is 1. The summed E-state index contributed by atoms with van der Waals surface area (Å²) < 4.78 is 0. The molecule has 4 N–H and O–H groups in total. The molecular formula is C2H9IN4. The molecule has 0 aromatic rings. The Kier molecular flexibility index (Phi) is 9.24. The normalized spacial score (nSPS) is 11.7. The van der Waals surface area contributed by atoms with Crippen molar-refractivity contribution in [1.82, 2.24) is 5.43 Å². The third-order valence-electron chi connectivity index (χ3n) is 0.426. The van der Waals surface area contributed by atoms with Crippen molar-refractivity contribution in [3.63, 3.8) is 0 Å². The van der Waals surface area contributed by atoms with Gasteiger partial charge < -0.3 is 24.0 Å². The maximum Gasteiger partial charge on any atom is 0.0509 e. The van der Waals surface area contributed by atoms with Gasteiger partial charge in [0, 0.05) is 7.05 Å². The second-order valence-corrected chi connectivity index (χ2v) is 0.793. The Morgan fingerprint density at radius 2 is 2.29 bits per heavy atom. The zero-order chi connectivity index (χ0) is 4.99. The van der Waals surface area contributed by atoms with Crippen molar-refractivity contribution in [2.24, 2.45) is 10.9 Å². The topological polar surface area (TPSA) is 54.9 Å². The van der Waals surface area contributed by atoms with E-state index in [1.807, 2.05) is 0 Å². The van der Waals surface area contributed by atoms with Gasteiger partial charge in [-0.2, -0.15) is 0 Å². The molecule has 0 aliphatic rings. The van der Waals surface area contributed by atoms with E-state index in [2.05, 4.69) is 17.2 Å². The van der Waals surface area contributed by atoms with Crippen molar-refractivity contribution >= 4 is 6.72 Å². The molecule has 0 aromatic heterocycles. The quantitative estimate of drug-likeness (QED) is 0.187. The standard InChI is InChI=1S/C2H8N4.HI/c1-4-6(3)5-2;/h5H,1,3H2,2H3;1H. The summed E-state index contributed by atoms with van der Waals surface area (Å²) in [5.74, 6) is 5.05. The highest BCUT2D eigenvalue weighted by atomic mass is 127. The summed E-state index contributed by atoms with van der Waals surface area (Å²) in [6.07, 6.45) is 0. The second kappa shape index (κ2) is 6.28. The highest BCUT2D eigenvalue weighted by Gasteiger charge is 1.81. The fourth-order valence-corrected chi connectivity index (χ4v) is 0.0791. The zero-order valence-electron chi connectivity index (χ0n) is 4.11. The highest BCUT2D eigenvalue weighted by Crippen LogP contribution is 1.13. The van der Waals surface area contributed by atoms with Gasteiger partial charge in [0.1, 0.15) is 0 Å². The first-order valence-electron chi connectivity index (χ1n) is 1.58. The van der Waals surface area contributed by atoms with Gasteiger partial charge >= 0.3 is 0 Å². The molecule has 44 valence electrons. The van der Waals surface area contributed by atoms with Crippen LogP contribution in [0.3, 0.4) is 0 Å². The van der Waals surface area contributed by atoms with Crippen LogP contribution in [0.1, 0.15) is 0 Å². The Balaban J connectivity index is 0. The Morgan fingerprint density at radius 3 is 2.29 bits per heavy atom. The lowest BCUT2D eigenvalue weighted by atomic mass is 11.5. The molecule has 0 aliphatic heterocycles. The van der Waals surface area contributed by atoms with E-state index < -0.39 is 0 Å². The van der Waals surface area contributed by atoms with Gasteiger partial charge in [-0.15, -0.1) is 11.3 Å². The van der Waals surface area contributed by atoms with E-state index >= 15 is 0 Å². The lowest BCUT2D eigenvalue weighted by Crippen LogP contribution is -3.19. The molecule has 0 heterocycles. The number of nitrogens with zero attached hydrogens (tertiary/aromatic N) is 1. The van der Waals surface area contributed by atoms with Crippen molar-refractivity contribution < 1.29 is 29.2 Å². The average Bonchev–Trinajstić information content (AvgIpc) is 1.65. The molecule has 0 radical (unpaired) electrons. The van der Waals surface area contributed by atoms with E-state index in [4.69, 9.17) is 5.84 Å². The Labute approximate surface area is 59.7 Å². The fourth-order valence-electron chi connectivity index (χ4n) is 0.0791. The molecule has 0 aromatic carbocycles. The summed E-state index contributed by atoms with van der Waals surface area (Å²) in [6, 6.07) is 0. The van der Waals surface area contributed by atoms with E-state index in [0.29, 0.717) is 5.23 Å². The zero-order valence-corrected chi connectivity index (χ0v) is 6.27. The summed E-state index contributed by atoms with van der Waals surface area (Å²) in [5.41, 5.74) is 2.58. The van der Waals surface area contributed by atoms with Crippen LogP contribution in [0.5, 0.6) is 0 Å². The molecule has 0 amide bonds. The molecule has 0 saturated carbocycles. The van der Waals surface area contributed by atoms with Gasteiger partial charge in [-0.25, -0.2) is 0 Å². The van der Waals surface area contributed by atoms with E-state index in [-0.39, 0.29) is 24.0 Å². The van der Waals surface area contributed by atoms with Crippen molar-refractivity contribution in [1.29, 1.82) is 0 Å². The molecule has 0 aliphatic carbocycles. The monoisotopic (exact) mass is 216 g/mol. The van der Waals surface area contributed by atoms with Crippen molar-refractivity contribution in [2.75, 3.05) is 7.05 Å². The predicted octanol–water partition coefficient (Wildman–Crippen LogP) is -5.50. The third-order valence-corrected chi connectivity index (χ3v) is 0.426. The summed E-state index contributed by atoms with van der Waals surface area (Å²) in [4.78, 5) is 0. The number of nitrogens with two attached hydrogens (primary N) is 1. The van der Waals surface area contributed by atoms with Crippen molar-refractivity contribution in [3.8, 4) is 0 Å². The molecule has 0 fully saturated rings. The van der Waals surface area contributed by atoms with Gasteiger partial charge in [-0.3, -0.25) is 0 Å². The molecule has 7 heavy (non-hydrogen) atoms. The van der Waals surface area contributed by atoms with Crippen molar-refractivity contribution in [2.45, 2.75) is 0 Å². The maximum atomic E-state index is 5.05. The molecule has 1 atom stereocenters. The SMILES string of the molecule is C=N[NH+](N)NC.[I-]. The first kappa shape index (κ1) is 10.3. The van der Waals surface area contributed by atoms with Gasteiger partial charge in [0.15, 0.2) is 0 Å². The number of nitrogens with one attached hydrogen (secondary N) is 2. The van der Waals surface area contributed by atoms with Crippen LogP contribution in [0.25, 0.3) is 0 Å². The molecule has 0 saturated heterocycles. The summed E-state index contributed by atoms with van der Waals surface area (Å²) in [5, 5.41) is 3.70. The van der Waals surface area contributed by atoms with Crippen LogP contribution < -0.4 is 40.5 Å². The van der Waals surface area contributed by atoms with Crippen LogP contribution in [-0.4, -0.2) is 13.8 Å². The summed E-state index contributed by atoms with van der Waals surface area (Å²) in [7, 11) is 1.68. The molecule has 1 unspecified atom stereocenters. The molecular weight excluding hydrogens is 207 g/mol. The second-order valence-electron chi connectivity index (χ2n) is 0.793. The maximum absolute atomic E-state index is 5.05. The van der Waals surface area contributed by atoms with Gasteiger partial charge in [0.05, 0.1) is 6.72 Å². The Bertz CT molecular complexity index is 47.0. The van der Waals surface area contributed by atoms with Crippen LogP contribution in [0.4, 0.5) is 0 Å². The minimum absolute atomic E-state index is 0. The molecule has 5 heteroatoms. The number of rotatable bonds is 2. The first-order valence-corrected chi connectivity index (χ1v) is 1.58. The van der Waals surface area contributed by atoms with Gasteiger partial charge in [-0.05, 0) is 0 Å². The van der Waals surface area contributed by atoms with Gasteiger partial charge in [0.25, 0.3) is 0 Å². The van der Waals surface area contributed by atoms with Crippen LogP contribution in [0.15, 0.2) is 5.10 Å². The summed E-state index contributed by atoms with van der Waals surface area (Å²) in [6.45, 7) is 3.16. The van der Waals surface area contributed by atoms with E-state index in [0.717, 1.165) is 0 Å². The van der Waals surface area contributed by atoms with Gasteiger partial charge in [0.2, 0.25) is 0 Å². The summed E-state index contributed by atoms with van der Waals surface area (Å²) >= 11 is 0. The van der Waals surface area contributed by atoms with Crippen LogP contribution in [-0.2, 0) is 0 Å². The van der Waals surface area contributed by atoms with E-state index in [1.165, 1.54) is 0 Å². The predicted molar refractivity (Wildman–Crippen MR) is 23.8 cm³/mol. The highest BCUT2D eigenvalue weighted by molar-refractivity contribution is 5.20. The number of hydrogen-bond acceptors (Lipinski definition) is 3. The lowest BCUT2D eigenvalue weighted by molar-refractivity contribution is -0.961. The molecule has 0 spiro atoms. The van der Waals surface area contributed by atoms with E-state index in [9.17, 15) is 0 Å². The molecule has 4 nitrogen and oxygen atoms in total. The fraction of sp³-hybridized carbons (Fsp3) is 0.500. The minimum Gasteiger partial charge on any atom is -1.00 e.